The Balaban J connectivity index is 3.48. The van der Waals surface area contributed by atoms with Crippen LogP contribution in [0.5, 0.6) is 0 Å². The van der Waals surface area contributed by atoms with E-state index in [4.69, 9.17) is 12.5 Å². The van der Waals surface area contributed by atoms with Gasteiger partial charge in [0.2, 0.25) is 5.91 Å². The third kappa shape index (κ3) is 17.1. The fourth-order valence-electron chi connectivity index (χ4n) is 2.56. The van der Waals surface area contributed by atoms with Crippen molar-refractivity contribution in [3.63, 3.8) is 0 Å². The summed E-state index contributed by atoms with van der Waals surface area (Å²) >= 11 is 0.965. The minimum atomic E-state index is -1.32. The van der Waals surface area contributed by atoms with Gasteiger partial charge in [0.15, 0.2) is 0 Å². The lowest BCUT2D eigenvalue weighted by Gasteiger charge is -2.16. The van der Waals surface area contributed by atoms with E-state index >= 15 is 0 Å². The van der Waals surface area contributed by atoms with Crippen LogP contribution in [-0.4, -0.2) is 35.2 Å². The van der Waals surface area contributed by atoms with E-state index in [-0.39, 0.29) is 18.6 Å². The number of hydrogen-bond donors (Lipinski definition) is 2. The van der Waals surface area contributed by atoms with Crippen molar-refractivity contribution in [1.82, 2.24) is 5.32 Å². The van der Waals surface area contributed by atoms with Crippen molar-refractivity contribution in [2.24, 2.45) is 5.73 Å². The van der Waals surface area contributed by atoms with Crippen molar-refractivity contribution >= 4 is 32.7 Å². The van der Waals surface area contributed by atoms with Crippen molar-refractivity contribution in [1.29, 1.82) is 2.61 Å². The number of carbonyl (C=O) groups excluding carboxylic acids is 1. The Hall–Kier alpha value is 0.235. The number of nitrogens with one attached hydrogen (secondary N) is 1. The van der Waals surface area contributed by atoms with Gasteiger partial charge in [-0.1, -0.05) is 78.7 Å². The Morgan fingerprint density at radius 3 is 2.38 bits per heavy atom. The predicted octanol–water partition coefficient (Wildman–Crippen LogP) is 4.21. The minimum Gasteiger partial charge on any atom is -0.350 e. The second-order valence-corrected chi connectivity index (χ2v) is 7.93. The lowest BCUT2D eigenvalue weighted by atomic mass is 10.1. The molecule has 0 aromatic carbocycles. The molecule has 0 aliphatic rings. The van der Waals surface area contributed by atoms with Crippen LogP contribution >= 0.6 is 19.3 Å². The van der Waals surface area contributed by atoms with Gasteiger partial charge in [-0.3, -0.25) is 4.79 Å². The van der Waals surface area contributed by atoms with Crippen LogP contribution in [0.1, 0.15) is 84.0 Å². The average molecular weight is 378 g/mol. The topological polar surface area (TPSA) is 64.3 Å². The maximum atomic E-state index is 11.9. The molecule has 0 saturated heterocycles. The van der Waals surface area contributed by atoms with E-state index in [1.165, 1.54) is 57.8 Å². The number of hydrogen-bond acceptors (Lipinski definition) is 4. The van der Waals surface area contributed by atoms with E-state index in [1.807, 2.05) is 0 Å². The van der Waals surface area contributed by atoms with Gasteiger partial charge < -0.3 is 15.2 Å². The Morgan fingerprint density at radius 1 is 1.25 bits per heavy atom. The van der Waals surface area contributed by atoms with Crippen molar-refractivity contribution in [3.05, 3.63) is 0 Å². The highest BCUT2D eigenvalue weighted by Gasteiger charge is 2.10. The molecule has 1 amide bonds. The molecule has 0 aromatic heterocycles. The largest absolute Gasteiger partial charge is 0.350 e. The molecule has 0 rings (SSSR count). The first-order valence-electron chi connectivity index (χ1n) is 10.4. The second-order valence-electron chi connectivity index (χ2n) is 6.25. The lowest BCUT2D eigenvalue weighted by molar-refractivity contribution is -0.122. The van der Waals surface area contributed by atoms with Gasteiger partial charge in [0.1, 0.15) is 7.53 Å². The summed E-state index contributed by atoms with van der Waals surface area (Å²) in [4.78, 5) is 11.9. The Labute approximate surface area is 158 Å². The van der Waals surface area contributed by atoms with Gasteiger partial charge in [-0.05, 0) is 7.76 Å². The molecular formula is C17H37BN2O2PS. The molecule has 3 N–H and O–H groups in total. The normalized spacial score (nSPS) is 14.6. The van der Waals surface area contributed by atoms with E-state index < -0.39 is 7.61 Å². The Bertz CT molecular complexity index is 337. The molecule has 0 saturated carbocycles. The smallest absolute Gasteiger partial charge is 0.220 e. The van der Waals surface area contributed by atoms with E-state index in [0.717, 1.165) is 32.0 Å². The molecule has 0 aliphatic carbocycles. The first kappa shape index (κ1) is 20.5. The number of carbonyl (C=O) groups is 1. The highest BCUT2D eigenvalue weighted by Crippen LogP contribution is 2.24. The van der Waals surface area contributed by atoms with Crippen LogP contribution in [0.4, 0.5) is 0 Å². The first-order chi connectivity index (χ1) is 12.6. The van der Waals surface area contributed by atoms with Gasteiger partial charge in [-0.25, -0.2) is 0 Å². The van der Waals surface area contributed by atoms with Gasteiger partial charge in [0.25, 0.3) is 0 Å². The molecule has 7 heteroatoms. The summed E-state index contributed by atoms with van der Waals surface area (Å²) in [6, 6.07) is -0.225. The van der Waals surface area contributed by atoms with E-state index in [0.29, 0.717) is 13.0 Å². The van der Waals surface area contributed by atoms with Crippen molar-refractivity contribution in [2.75, 3.05) is 13.2 Å². The third-order valence-electron chi connectivity index (χ3n) is 4.02. The number of rotatable bonds is 19. The maximum absolute atomic E-state index is 11.9. The van der Waals surface area contributed by atoms with Gasteiger partial charge in [-0.15, -0.1) is 0 Å². The molecule has 4 nitrogen and oxygen atoms in total. The minimum absolute atomic E-state index is 0.0187. The highest BCUT2D eigenvalue weighted by molar-refractivity contribution is 8.53. The molecule has 0 heterocycles. The summed E-state index contributed by atoms with van der Waals surface area (Å²) in [7, 11) is -0.266. The first-order valence-corrected chi connectivity index (χ1v) is 11.7. The summed E-state index contributed by atoms with van der Waals surface area (Å²) in [5.41, 5.74) is 5.64. The van der Waals surface area contributed by atoms with E-state index in [9.17, 15) is 4.79 Å². The van der Waals surface area contributed by atoms with E-state index in [2.05, 4.69) is 12.2 Å². The monoisotopic (exact) mass is 378 g/mol. The van der Waals surface area contributed by atoms with Crippen molar-refractivity contribution < 1.29 is 8.98 Å². The van der Waals surface area contributed by atoms with Crippen molar-refractivity contribution in [2.45, 2.75) is 90.0 Å². The molecule has 0 spiro atoms. The fraction of sp³-hybridized carbons (Fsp3) is 0.941. The average Bonchev–Trinajstić information content (AvgIpc) is 2.65. The molecule has 0 aromatic rings. The van der Waals surface area contributed by atoms with Crippen LogP contribution in [0.15, 0.2) is 0 Å². The molecule has 0 bridgehead atoms. The Morgan fingerprint density at radius 2 is 1.83 bits per heavy atom. The molecule has 0 fully saturated rings. The van der Waals surface area contributed by atoms with E-state index in [1.54, 1.807) is 0 Å². The SMILES string of the molecule is [2H]P([B][3H])SOC[C@@H](CN)NC(=O)CCCCCCCCCCCCC. The highest BCUT2D eigenvalue weighted by atomic mass is 32.7. The number of unbranched alkanes of at least 4 members (excludes halogenated alkanes) is 10. The zero-order valence-corrected chi connectivity index (χ0v) is 17.0. The molecule has 141 valence electrons. The van der Waals surface area contributed by atoms with Crippen LogP contribution in [0, 0.1) is 0 Å². The molecule has 1 unspecified atom stereocenters. The standard InChI is InChI=1S/C17H37BN2O2PS/c1-2-3-4-5-6-7-8-9-10-11-12-13-17(21)20-16(14-19)15-22-24-23-18/h16,18,23H,2-15,19H2,1H3,(H,20,21)/t16-,23?/m1/s1/i18T,23D. The maximum Gasteiger partial charge on any atom is 0.220 e. The predicted molar refractivity (Wildman–Crippen MR) is 111 cm³/mol. The molecule has 2 atom stereocenters. The molecule has 24 heavy (non-hydrogen) atoms. The molecular weight excluding hydrogens is 338 g/mol. The van der Waals surface area contributed by atoms with Crippen LogP contribution in [0.2, 0.25) is 0 Å². The molecule has 0 aliphatic heterocycles. The van der Waals surface area contributed by atoms with Crippen molar-refractivity contribution in [3.8, 4) is 0 Å². The van der Waals surface area contributed by atoms with Crippen LogP contribution in [0.25, 0.3) is 0 Å². The molecule has 1 radical (unpaired) electrons. The van der Waals surface area contributed by atoms with Gasteiger partial charge >= 0.3 is 0 Å². The number of amides is 1. The lowest BCUT2D eigenvalue weighted by Crippen LogP contribution is -2.42. The summed E-state index contributed by atoms with van der Waals surface area (Å²) in [6.45, 7) is 2.83. The Kier molecular flexibility index (Phi) is 16.7. The summed E-state index contributed by atoms with van der Waals surface area (Å²) in [6.07, 6.45) is 14.5. The number of nitrogens with two attached hydrogens (primary N) is 1. The van der Waals surface area contributed by atoms with Crippen LogP contribution in [-0.2, 0) is 8.98 Å². The summed E-state index contributed by atoms with van der Waals surface area (Å²) in [5.74, 6) is 0.0187. The van der Waals surface area contributed by atoms with Gasteiger partial charge in [0, 0.05) is 24.6 Å². The quantitative estimate of drug-likeness (QED) is 0.153. The zero-order valence-electron chi connectivity index (χ0n) is 17.3. The second kappa shape index (κ2) is 19.6. The summed E-state index contributed by atoms with van der Waals surface area (Å²) in [5, 5.41) is 2.88. The van der Waals surface area contributed by atoms with Gasteiger partial charge in [0.05, 0.1) is 13.9 Å². The van der Waals surface area contributed by atoms with Crippen LogP contribution in [0.3, 0.4) is 0 Å². The zero-order chi connectivity index (χ0) is 19.5. The fourth-order valence-corrected chi connectivity index (χ4v) is 3.21. The van der Waals surface area contributed by atoms with Gasteiger partial charge in [-0.2, -0.15) is 0 Å². The third-order valence-corrected chi connectivity index (χ3v) is 4.92. The van der Waals surface area contributed by atoms with Crippen LogP contribution < -0.4 is 11.1 Å². The summed E-state index contributed by atoms with van der Waals surface area (Å²) < 4.78 is 19.6.